The Morgan fingerprint density at radius 2 is 1.41 bits per heavy atom. The second kappa shape index (κ2) is 11.2. The molecule has 39 heavy (non-hydrogen) atoms. The van der Waals surface area contributed by atoms with Gasteiger partial charge in [0.2, 0.25) is 0 Å². The Balaban J connectivity index is 1.55. The number of nitrogens with zero attached hydrogens (tertiary/aromatic N) is 2. The van der Waals surface area contributed by atoms with Crippen LogP contribution in [0.3, 0.4) is 0 Å². The number of anilines is 1. The number of hydrogen-bond donors (Lipinski definition) is 0. The SMILES string of the molecule is COc1ccc(S(=O)(=O)N(CC(F)Cn2c3ccc(Br)cc3c3cc(Br)ccc32)c2cccc(OC)c2)cc1. The van der Waals surface area contributed by atoms with E-state index >= 15 is 4.39 Å². The molecule has 6 nitrogen and oxygen atoms in total. The van der Waals surface area contributed by atoms with Crippen LogP contribution in [0.25, 0.3) is 21.8 Å². The minimum Gasteiger partial charge on any atom is -0.497 e. The molecule has 5 aromatic rings. The lowest BCUT2D eigenvalue weighted by Crippen LogP contribution is -2.37. The topological polar surface area (TPSA) is 60.8 Å². The maximum absolute atomic E-state index is 16.1. The van der Waals surface area contributed by atoms with Crippen molar-refractivity contribution in [2.24, 2.45) is 0 Å². The summed E-state index contributed by atoms with van der Waals surface area (Å²) in [5, 5.41) is 1.95. The first-order valence-electron chi connectivity index (χ1n) is 12.0. The van der Waals surface area contributed by atoms with Gasteiger partial charge >= 0.3 is 0 Å². The Kier molecular flexibility index (Phi) is 7.89. The summed E-state index contributed by atoms with van der Waals surface area (Å²) in [5.41, 5.74) is 2.03. The quantitative estimate of drug-likeness (QED) is 0.162. The molecule has 0 radical (unpaired) electrons. The average molecular weight is 676 g/mol. The van der Waals surface area contributed by atoms with Crippen molar-refractivity contribution < 1.29 is 22.3 Å². The first-order valence-corrected chi connectivity index (χ1v) is 15.1. The molecule has 1 aromatic heterocycles. The zero-order chi connectivity index (χ0) is 27.7. The minimum atomic E-state index is -4.11. The third-order valence-electron chi connectivity index (χ3n) is 6.52. The van der Waals surface area contributed by atoms with Crippen LogP contribution < -0.4 is 13.8 Å². The number of hydrogen-bond acceptors (Lipinski definition) is 4. The molecule has 10 heteroatoms. The van der Waals surface area contributed by atoms with Crippen molar-refractivity contribution in [2.45, 2.75) is 17.6 Å². The number of sulfonamides is 1. The predicted molar refractivity (Wildman–Crippen MR) is 160 cm³/mol. The minimum absolute atomic E-state index is 0.0323. The molecule has 0 aliphatic heterocycles. The summed E-state index contributed by atoms with van der Waals surface area (Å²) in [6, 6.07) is 24.4. The van der Waals surface area contributed by atoms with Gasteiger partial charge in [-0.3, -0.25) is 4.31 Å². The number of methoxy groups -OCH3 is 2. The summed E-state index contributed by atoms with van der Waals surface area (Å²) in [5.74, 6) is 0.992. The van der Waals surface area contributed by atoms with E-state index in [2.05, 4.69) is 31.9 Å². The van der Waals surface area contributed by atoms with Crippen LogP contribution in [-0.4, -0.2) is 39.9 Å². The van der Waals surface area contributed by atoms with E-state index in [1.165, 1.54) is 26.4 Å². The van der Waals surface area contributed by atoms with Crippen molar-refractivity contribution in [3.63, 3.8) is 0 Å². The molecule has 202 valence electrons. The number of benzene rings is 4. The van der Waals surface area contributed by atoms with Crippen LogP contribution in [0.15, 0.2) is 98.8 Å². The standard InChI is InChI=1S/C29H25Br2FN2O4S/c1-37-23-8-10-25(11-9-23)39(35,36)34(22-4-3-5-24(16-22)38-2)18-21(32)17-33-28-12-6-19(30)14-26(28)27-15-20(31)7-13-29(27)33/h3-16,21H,17-18H2,1-2H3. The largest absolute Gasteiger partial charge is 0.497 e. The second-order valence-corrected chi connectivity index (χ2v) is 12.6. The molecule has 0 saturated heterocycles. The van der Waals surface area contributed by atoms with E-state index in [-0.39, 0.29) is 11.4 Å². The van der Waals surface area contributed by atoms with Gasteiger partial charge in [0.1, 0.15) is 17.7 Å². The first-order chi connectivity index (χ1) is 18.7. The number of halogens is 3. The van der Waals surface area contributed by atoms with E-state index in [1.807, 2.05) is 41.0 Å². The van der Waals surface area contributed by atoms with Crippen LogP contribution in [0.2, 0.25) is 0 Å². The molecule has 0 fully saturated rings. The monoisotopic (exact) mass is 674 g/mol. The fourth-order valence-electron chi connectivity index (χ4n) is 4.66. The van der Waals surface area contributed by atoms with Crippen molar-refractivity contribution >= 4 is 69.4 Å². The van der Waals surface area contributed by atoms with E-state index in [4.69, 9.17) is 9.47 Å². The number of aromatic nitrogens is 1. The van der Waals surface area contributed by atoms with Crippen LogP contribution in [0.4, 0.5) is 10.1 Å². The highest BCUT2D eigenvalue weighted by atomic mass is 79.9. The highest BCUT2D eigenvalue weighted by Crippen LogP contribution is 2.34. The molecular weight excluding hydrogens is 651 g/mol. The van der Waals surface area contributed by atoms with Crippen molar-refractivity contribution in [2.75, 3.05) is 25.1 Å². The van der Waals surface area contributed by atoms with Crippen molar-refractivity contribution in [1.82, 2.24) is 4.57 Å². The van der Waals surface area contributed by atoms with Gasteiger partial charge in [-0.15, -0.1) is 0 Å². The van der Waals surface area contributed by atoms with Crippen LogP contribution in [-0.2, 0) is 16.6 Å². The number of rotatable bonds is 9. The molecule has 1 heterocycles. The van der Waals surface area contributed by atoms with Gasteiger partial charge in [0, 0.05) is 36.8 Å². The zero-order valence-electron chi connectivity index (χ0n) is 21.1. The van der Waals surface area contributed by atoms with Gasteiger partial charge in [0.15, 0.2) is 0 Å². The molecule has 0 N–H and O–H groups in total. The lowest BCUT2D eigenvalue weighted by molar-refractivity contribution is 0.309. The zero-order valence-corrected chi connectivity index (χ0v) is 25.1. The number of ether oxygens (including phenoxy) is 2. The Bertz CT molecular complexity index is 1700. The summed E-state index contributed by atoms with van der Waals surface area (Å²) in [6.07, 6.45) is -1.53. The summed E-state index contributed by atoms with van der Waals surface area (Å²) in [7, 11) is -1.11. The van der Waals surface area contributed by atoms with Crippen LogP contribution >= 0.6 is 31.9 Å². The molecule has 0 amide bonds. The van der Waals surface area contributed by atoms with E-state index in [0.29, 0.717) is 17.2 Å². The van der Waals surface area contributed by atoms with Crippen LogP contribution in [0.5, 0.6) is 11.5 Å². The lowest BCUT2D eigenvalue weighted by atomic mass is 10.2. The van der Waals surface area contributed by atoms with Crippen molar-refractivity contribution in [3.8, 4) is 11.5 Å². The number of fused-ring (bicyclic) bond motifs is 3. The van der Waals surface area contributed by atoms with Crippen molar-refractivity contribution in [3.05, 3.63) is 93.9 Å². The lowest BCUT2D eigenvalue weighted by Gasteiger charge is -2.27. The third kappa shape index (κ3) is 5.50. The number of alkyl halides is 1. The molecule has 0 saturated carbocycles. The van der Waals surface area contributed by atoms with Crippen molar-refractivity contribution in [1.29, 1.82) is 0 Å². The smallest absolute Gasteiger partial charge is 0.264 e. The van der Waals surface area contributed by atoms with Crippen LogP contribution in [0.1, 0.15) is 0 Å². The molecule has 5 rings (SSSR count). The third-order valence-corrected chi connectivity index (χ3v) is 9.32. The van der Waals surface area contributed by atoms with Crippen LogP contribution in [0, 0.1) is 0 Å². The van der Waals surface area contributed by atoms with Gasteiger partial charge in [-0.25, -0.2) is 12.8 Å². The summed E-state index contributed by atoms with van der Waals surface area (Å²) >= 11 is 7.07. The predicted octanol–water partition coefficient (Wildman–Crippen LogP) is 7.57. The Morgan fingerprint density at radius 1 is 0.821 bits per heavy atom. The molecule has 0 aliphatic carbocycles. The highest BCUT2D eigenvalue weighted by Gasteiger charge is 2.29. The maximum Gasteiger partial charge on any atom is 0.264 e. The van der Waals surface area contributed by atoms with Gasteiger partial charge in [-0.1, -0.05) is 37.9 Å². The Labute approximate surface area is 243 Å². The molecular formula is C29H25Br2FN2O4S. The second-order valence-electron chi connectivity index (χ2n) is 8.94. The normalized spacial score (nSPS) is 12.5. The fourth-order valence-corrected chi connectivity index (χ4v) is 6.87. The van der Waals surface area contributed by atoms with Gasteiger partial charge < -0.3 is 14.0 Å². The summed E-state index contributed by atoms with van der Waals surface area (Å²) in [6.45, 7) is -0.433. The molecule has 0 aliphatic rings. The van der Waals surface area contributed by atoms with Gasteiger partial charge in [-0.05, 0) is 72.8 Å². The van der Waals surface area contributed by atoms with Gasteiger partial charge in [0.25, 0.3) is 10.0 Å². The van der Waals surface area contributed by atoms with Gasteiger partial charge in [0.05, 0.1) is 37.9 Å². The fraction of sp³-hybridized carbons (Fsp3) is 0.172. The molecule has 0 spiro atoms. The van der Waals surface area contributed by atoms with Gasteiger partial charge in [-0.2, -0.15) is 0 Å². The summed E-state index contributed by atoms with van der Waals surface area (Å²) in [4.78, 5) is 0.0323. The first kappa shape index (κ1) is 27.5. The maximum atomic E-state index is 16.1. The molecule has 1 unspecified atom stereocenters. The Hall–Kier alpha value is -3.08. The van der Waals surface area contributed by atoms with E-state index in [9.17, 15) is 8.42 Å². The van der Waals surface area contributed by atoms with E-state index in [1.54, 1.807) is 36.4 Å². The molecule has 4 aromatic carbocycles. The highest BCUT2D eigenvalue weighted by molar-refractivity contribution is 9.10. The Morgan fingerprint density at radius 3 is 1.97 bits per heavy atom. The van der Waals surface area contributed by atoms with E-state index in [0.717, 1.165) is 35.1 Å². The molecule has 0 bridgehead atoms. The molecule has 1 atom stereocenters. The van der Waals surface area contributed by atoms with E-state index < -0.39 is 22.7 Å². The summed E-state index contributed by atoms with van der Waals surface area (Å²) < 4.78 is 59.1. The average Bonchev–Trinajstić information content (AvgIpc) is 3.23.